The summed E-state index contributed by atoms with van der Waals surface area (Å²) in [5.41, 5.74) is -1.41. The fourth-order valence-electron chi connectivity index (χ4n) is 4.06. The van der Waals surface area contributed by atoms with Crippen LogP contribution in [0.25, 0.3) is 0 Å². The molecule has 0 saturated heterocycles. The Kier molecular flexibility index (Phi) is 11.3. The third kappa shape index (κ3) is 9.93. The van der Waals surface area contributed by atoms with Crippen LogP contribution in [0.3, 0.4) is 0 Å². The van der Waals surface area contributed by atoms with Crippen LogP contribution >= 0.6 is 0 Å². The fourth-order valence-corrected chi connectivity index (χ4v) is 4.06. The van der Waals surface area contributed by atoms with Gasteiger partial charge in [-0.25, -0.2) is 0 Å². The van der Waals surface area contributed by atoms with E-state index in [-0.39, 0.29) is 38.8 Å². The summed E-state index contributed by atoms with van der Waals surface area (Å²) >= 11 is 0. The molecule has 0 aliphatic carbocycles. The van der Waals surface area contributed by atoms with Crippen molar-refractivity contribution >= 4 is 47.4 Å². The van der Waals surface area contributed by atoms with Gasteiger partial charge >= 0.3 is 11.9 Å². The van der Waals surface area contributed by atoms with Gasteiger partial charge in [0.15, 0.2) is 0 Å². The lowest BCUT2D eigenvalue weighted by Gasteiger charge is -2.35. The van der Waals surface area contributed by atoms with Crippen LogP contribution in [-0.4, -0.2) is 93.6 Å². The van der Waals surface area contributed by atoms with Crippen LogP contribution < -0.4 is 10.6 Å². The molecular formula is C28H38N4O10. The molecule has 0 saturated carbocycles. The fraction of sp³-hybridized carbons (Fsp3) is 0.571. The zero-order chi connectivity index (χ0) is 31.8. The Balaban J connectivity index is 2.24. The van der Waals surface area contributed by atoms with Gasteiger partial charge in [0.25, 0.3) is 23.6 Å². The lowest BCUT2D eigenvalue weighted by molar-refractivity contribution is -0.157. The van der Waals surface area contributed by atoms with E-state index in [9.17, 15) is 38.4 Å². The molecule has 2 aliphatic rings. The molecule has 2 heterocycles. The van der Waals surface area contributed by atoms with Crippen molar-refractivity contribution in [3.63, 3.8) is 0 Å². The average molecular weight is 591 g/mol. The highest BCUT2D eigenvalue weighted by atomic mass is 16.6. The maximum absolute atomic E-state index is 13.5. The van der Waals surface area contributed by atoms with Gasteiger partial charge in [-0.3, -0.25) is 48.2 Å². The molecule has 6 amide bonds. The summed E-state index contributed by atoms with van der Waals surface area (Å²) in [5.74, 6) is -6.74. The predicted octanol–water partition coefficient (Wildman–Crippen LogP) is 0.0498. The second kappa shape index (κ2) is 14.0. The Labute approximate surface area is 243 Å². The minimum Gasteiger partial charge on any atom is -0.460 e. The lowest BCUT2D eigenvalue weighted by Crippen LogP contribution is -2.65. The Morgan fingerprint density at radius 2 is 0.905 bits per heavy atom. The quantitative estimate of drug-likeness (QED) is 0.169. The van der Waals surface area contributed by atoms with Gasteiger partial charge in [0, 0.05) is 50.2 Å². The van der Waals surface area contributed by atoms with Gasteiger partial charge < -0.3 is 20.1 Å². The van der Waals surface area contributed by atoms with Crippen molar-refractivity contribution in [2.45, 2.75) is 90.5 Å². The van der Waals surface area contributed by atoms with Gasteiger partial charge in [0.05, 0.1) is 0 Å². The Bertz CT molecular complexity index is 1060. The first-order chi connectivity index (χ1) is 19.4. The highest BCUT2D eigenvalue weighted by molar-refractivity contribution is 6.18. The zero-order valence-corrected chi connectivity index (χ0v) is 24.7. The molecular weight excluding hydrogens is 552 g/mol. The smallest absolute Gasteiger partial charge is 0.306 e. The van der Waals surface area contributed by atoms with E-state index in [0.29, 0.717) is 9.80 Å². The Hall–Kier alpha value is -4.36. The molecule has 42 heavy (non-hydrogen) atoms. The van der Waals surface area contributed by atoms with E-state index in [1.807, 2.05) is 0 Å². The van der Waals surface area contributed by atoms with Gasteiger partial charge in [0.2, 0.25) is 11.8 Å². The average Bonchev–Trinajstić information content (AvgIpc) is 3.35. The van der Waals surface area contributed by atoms with Crippen molar-refractivity contribution in [3.05, 3.63) is 24.3 Å². The Morgan fingerprint density at radius 1 is 0.619 bits per heavy atom. The molecule has 14 nitrogen and oxygen atoms in total. The molecule has 14 heteroatoms. The first-order valence-electron chi connectivity index (χ1n) is 13.5. The van der Waals surface area contributed by atoms with E-state index in [0.717, 1.165) is 24.3 Å². The number of hydrogen-bond donors (Lipinski definition) is 2. The van der Waals surface area contributed by atoms with Crippen LogP contribution in [-0.2, 0) is 47.8 Å². The van der Waals surface area contributed by atoms with E-state index in [1.165, 1.54) is 0 Å². The van der Waals surface area contributed by atoms with Gasteiger partial charge in [-0.05, 0) is 54.4 Å². The first kappa shape index (κ1) is 33.8. The van der Waals surface area contributed by atoms with Crippen molar-refractivity contribution < 1.29 is 47.8 Å². The third-order valence-electron chi connectivity index (χ3n) is 5.63. The third-order valence-corrected chi connectivity index (χ3v) is 5.63. The number of esters is 2. The SMILES string of the molecule is CC(C)(C)OC(=O)CCCNC(=O)[C@@H]([C@H](C(=O)NCCCC(=O)OC(C)(C)C)N1C(=O)C=CC1=O)N1C(=O)C=CC1=O. The summed E-state index contributed by atoms with van der Waals surface area (Å²) in [5, 5.41) is 4.96. The van der Waals surface area contributed by atoms with Crippen LogP contribution in [0.15, 0.2) is 24.3 Å². The largest absolute Gasteiger partial charge is 0.460 e. The molecule has 0 radical (unpaired) electrons. The van der Waals surface area contributed by atoms with Gasteiger partial charge in [0.1, 0.15) is 23.3 Å². The van der Waals surface area contributed by atoms with E-state index >= 15 is 0 Å². The number of nitrogens with zero attached hydrogens (tertiary/aromatic N) is 2. The van der Waals surface area contributed by atoms with Gasteiger partial charge in [-0.15, -0.1) is 0 Å². The molecule has 2 rings (SSSR count). The standard InChI is InChI=1S/C28H38N4O10/c1-27(2,3)41-21(37)9-7-15-29-25(39)23(31-17(33)11-12-18(31)34)24(32-19(35)13-14-20(32)36)26(40)30-16-8-10-22(38)42-28(4,5)6/h11-14,23-24H,7-10,15-16H2,1-6H3,(H,29,39)(H,30,40)/t23-,24-/m1/s1. The summed E-state index contributed by atoms with van der Waals surface area (Å²) in [6.07, 6.45) is 3.72. The highest BCUT2D eigenvalue weighted by Gasteiger charge is 2.50. The van der Waals surface area contributed by atoms with E-state index < -0.39 is 70.7 Å². The molecule has 2 atom stereocenters. The van der Waals surface area contributed by atoms with Crippen molar-refractivity contribution in [3.8, 4) is 0 Å². The number of carbonyl (C=O) groups is 8. The normalized spacial score (nSPS) is 16.5. The van der Waals surface area contributed by atoms with Crippen LogP contribution in [0.2, 0.25) is 0 Å². The molecule has 230 valence electrons. The maximum Gasteiger partial charge on any atom is 0.306 e. The zero-order valence-electron chi connectivity index (χ0n) is 24.7. The highest BCUT2D eigenvalue weighted by Crippen LogP contribution is 2.21. The van der Waals surface area contributed by atoms with Crippen molar-refractivity contribution in [2.24, 2.45) is 0 Å². The van der Waals surface area contributed by atoms with Gasteiger partial charge in [-0.2, -0.15) is 0 Å². The van der Waals surface area contributed by atoms with Gasteiger partial charge in [-0.1, -0.05) is 0 Å². The number of nitrogens with one attached hydrogen (secondary N) is 2. The van der Waals surface area contributed by atoms with E-state index in [1.54, 1.807) is 41.5 Å². The number of imide groups is 2. The number of hydrogen-bond acceptors (Lipinski definition) is 10. The molecule has 2 aliphatic heterocycles. The molecule has 0 fully saturated rings. The summed E-state index contributed by atoms with van der Waals surface area (Å²) in [4.78, 5) is 102. The number of carbonyl (C=O) groups excluding carboxylic acids is 8. The first-order valence-corrected chi connectivity index (χ1v) is 13.5. The van der Waals surface area contributed by atoms with Crippen molar-refractivity contribution in [2.75, 3.05) is 13.1 Å². The summed E-state index contributed by atoms with van der Waals surface area (Å²) in [7, 11) is 0. The predicted molar refractivity (Wildman–Crippen MR) is 146 cm³/mol. The number of amides is 6. The Morgan fingerprint density at radius 3 is 1.17 bits per heavy atom. The molecule has 0 unspecified atom stereocenters. The minimum atomic E-state index is -1.93. The van der Waals surface area contributed by atoms with Crippen LogP contribution in [0, 0.1) is 0 Å². The van der Waals surface area contributed by atoms with Crippen molar-refractivity contribution in [1.82, 2.24) is 20.4 Å². The summed E-state index contributed by atoms with van der Waals surface area (Å²) in [6, 6.07) is -3.86. The number of rotatable bonds is 13. The summed E-state index contributed by atoms with van der Waals surface area (Å²) in [6.45, 7) is 10.00. The van der Waals surface area contributed by atoms with Crippen LogP contribution in [0.5, 0.6) is 0 Å². The number of ether oxygens (including phenoxy) is 2. The lowest BCUT2D eigenvalue weighted by atomic mass is 10.0. The molecule has 2 N–H and O–H groups in total. The maximum atomic E-state index is 13.5. The second-order valence-electron chi connectivity index (χ2n) is 11.6. The van der Waals surface area contributed by atoms with Crippen molar-refractivity contribution in [1.29, 1.82) is 0 Å². The second-order valence-corrected chi connectivity index (χ2v) is 11.6. The summed E-state index contributed by atoms with van der Waals surface area (Å²) < 4.78 is 10.4. The van der Waals surface area contributed by atoms with E-state index in [4.69, 9.17) is 9.47 Å². The molecule has 0 aromatic heterocycles. The molecule has 0 spiro atoms. The monoisotopic (exact) mass is 590 g/mol. The molecule has 0 aromatic rings. The van der Waals surface area contributed by atoms with Crippen LogP contribution in [0.1, 0.15) is 67.2 Å². The van der Waals surface area contributed by atoms with Crippen LogP contribution in [0.4, 0.5) is 0 Å². The topological polar surface area (TPSA) is 186 Å². The molecule has 0 bridgehead atoms. The van der Waals surface area contributed by atoms with E-state index in [2.05, 4.69) is 10.6 Å². The molecule has 0 aromatic carbocycles. The minimum absolute atomic E-state index is 0.0556.